The fourth-order valence-corrected chi connectivity index (χ4v) is 4.74. The van der Waals surface area contributed by atoms with Crippen LogP contribution in [0.5, 0.6) is 11.6 Å². The van der Waals surface area contributed by atoms with Crippen LogP contribution in [0.3, 0.4) is 0 Å². The molecule has 184 valence electrons. The molecular formula is C27H28N6O3. The van der Waals surface area contributed by atoms with Crippen LogP contribution in [-0.2, 0) is 0 Å². The zero-order chi connectivity index (χ0) is 25.1. The molecule has 0 unspecified atom stereocenters. The molecule has 5 N–H and O–H groups in total. The number of carbonyl (C=O) groups is 1. The molecule has 1 amide bonds. The minimum absolute atomic E-state index is 0.00391. The first kappa shape index (κ1) is 23.3. The molecule has 0 atom stereocenters. The van der Waals surface area contributed by atoms with Crippen LogP contribution in [0.15, 0.2) is 60.9 Å². The van der Waals surface area contributed by atoms with Crippen molar-refractivity contribution >= 4 is 28.5 Å². The molecule has 9 nitrogen and oxygen atoms in total. The van der Waals surface area contributed by atoms with Crippen LogP contribution in [0, 0.1) is 6.92 Å². The molecule has 0 spiro atoms. The Balaban J connectivity index is 1.38. The van der Waals surface area contributed by atoms with Gasteiger partial charge in [0, 0.05) is 40.9 Å². The van der Waals surface area contributed by atoms with Crippen LogP contribution < -0.4 is 21.1 Å². The summed E-state index contributed by atoms with van der Waals surface area (Å²) in [4.78, 5) is 24.5. The maximum absolute atomic E-state index is 10.9. The van der Waals surface area contributed by atoms with Crippen LogP contribution in [0.1, 0.15) is 31.2 Å². The fraction of sp³-hybridized carbons (Fsp3) is 0.259. The van der Waals surface area contributed by atoms with E-state index in [1.54, 1.807) is 12.4 Å². The molecule has 5 rings (SSSR count). The molecule has 0 radical (unpaired) electrons. The van der Waals surface area contributed by atoms with E-state index < -0.39 is 6.09 Å². The lowest BCUT2D eigenvalue weighted by Gasteiger charge is -2.28. The van der Waals surface area contributed by atoms with Crippen LogP contribution in [0.2, 0.25) is 0 Å². The SMILES string of the molecule is Cc1cc(N)c2ccccc2c1Oc1ncccc1-c1ccnc(N[C@H]2CC[C@H](NC(=O)O)CC2)n1. The minimum Gasteiger partial charge on any atom is -0.465 e. The van der Waals surface area contributed by atoms with Crippen LogP contribution in [-0.4, -0.2) is 38.2 Å². The average molecular weight is 485 g/mol. The van der Waals surface area contributed by atoms with Crippen molar-refractivity contribution in [1.29, 1.82) is 0 Å². The smallest absolute Gasteiger partial charge is 0.404 e. The zero-order valence-corrected chi connectivity index (χ0v) is 19.9. The number of hydrogen-bond acceptors (Lipinski definition) is 7. The molecule has 2 aromatic heterocycles. The Hall–Kier alpha value is -4.40. The summed E-state index contributed by atoms with van der Waals surface area (Å²) in [7, 11) is 0. The first-order valence-electron chi connectivity index (χ1n) is 12.0. The third-order valence-electron chi connectivity index (χ3n) is 6.50. The normalized spacial score (nSPS) is 17.5. The molecule has 4 aromatic rings. The van der Waals surface area contributed by atoms with E-state index in [2.05, 4.69) is 20.6 Å². The van der Waals surface area contributed by atoms with Gasteiger partial charge in [0.2, 0.25) is 11.8 Å². The van der Waals surface area contributed by atoms with Gasteiger partial charge in [-0.2, -0.15) is 0 Å². The van der Waals surface area contributed by atoms with Crippen molar-refractivity contribution < 1.29 is 14.6 Å². The summed E-state index contributed by atoms with van der Waals surface area (Å²) in [6, 6.07) is 15.6. The molecule has 0 bridgehead atoms. The monoisotopic (exact) mass is 484 g/mol. The van der Waals surface area contributed by atoms with E-state index in [9.17, 15) is 4.79 Å². The Morgan fingerprint density at radius 1 is 1.00 bits per heavy atom. The Morgan fingerprint density at radius 3 is 2.53 bits per heavy atom. The van der Waals surface area contributed by atoms with E-state index in [0.717, 1.165) is 47.6 Å². The molecule has 1 saturated carbocycles. The van der Waals surface area contributed by atoms with Crippen LogP contribution in [0.25, 0.3) is 22.0 Å². The highest BCUT2D eigenvalue weighted by Crippen LogP contribution is 2.38. The standard InChI is InChI=1S/C27H28N6O3/c1-16-15-22(28)19-5-2-3-6-20(19)24(16)36-25-21(7-4-13-29-25)23-12-14-30-26(33-23)31-17-8-10-18(11-9-17)32-27(34)35/h2-7,12-15,17-18,32H,8-11,28H2,1H3,(H,34,35)(H,30,31,33)/t17-,18-. The highest BCUT2D eigenvalue weighted by Gasteiger charge is 2.23. The van der Waals surface area contributed by atoms with Crippen molar-refractivity contribution in [3.05, 3.63) is 66.5 Å². The zero-order valence-electron chi connectivity index (χ0n) is 19.9. The summed E-state index contributed by atoms with van der Waals surface area (Å²) >= 11 is 0. The van der Waals surface area contributed by atoms with E-state index in [1.165, 1.54) is 0 Å². The number of rotatable bonds is 6. The van der Waals surface area contributed by atoms with Crippen molar-refractivity contribution in [3.63, 3.8) is 0 Å². The van der Waals surface area contributed by atoms with Crippen molar-refractivity contribution in [1.82, 2.24) is 20.3 Å². The Morgan fingerprint density at radius 2 is 1.75 bits per heavy atom. The van der Waals surface area contributed by atoms with Gasteiger partial charge in [-0.15, -0.1) is 0 Å². The number of nitrogen functional groups attached to an aromatic ring is 1. The van der Waals surface area contributed by atoms with Gasteiger partial charge in [-0.3, -0.25) is 0 Å². The number of aryl methyl sites for hydroxylation is 1. The van der Waals surface area contributed by atoms with Crippen LogP contribution in [0.4, 0.5) is 16.4 Å². The first-order chi connectivity index (χ1) is 17.5. The lowest BCUT2D eigenvalue weighted by atomic mass is 9.91. The molecule has 36 heavy (non-hydrogen) atoms. The third kappa shape index (κ3) is 5.00. The largest absolute Gasteiger partial charge is 0.465 e. The van der Waals surface area contributed by atoms with E-state index in [-0.39, 0.29) is 12.1 Å². The fourth-order valence-electron chi connectivity index (χ4n) is 4.74. The second-order valence-corrected chi connectivity index (χ2v) is 9.02. The predicted molar refractivity (Wildman–Crippen MR) is 139 cm³/mol. The van der Waals surface area contributed by atoms with Crippen molar-refractivity contribution in [2.75, 3.05) is 11.1 Å². The third-order valence-corrected chi connectivity index (χ3v) is 6.50. The average Bonchev–Trinajstić information content (AvgIpc) is 2.88. The number of ether oxygens (including phenoxy) is 1. The van der Waals surface area contributed by atoms with Gasteiger partial charge in [0.1, 0.15) is 5.75 Å². The Labute approximate surface area is 208 Å². The van der Waals surface area contributed by atoms with Gasteiger partial charge in [-0.1, -0.05) is 24.3 Å². The Kier molecular flexibility index (Phi) is 6.53. The van der Waals surface area contributed by atoms with Crippen molar-refractivity contribution in [3.8, 4) is 22.9 Å². The van der Waals surface area contributed by atoms with Crippen molar-refractivity contribution in [2.24, 2.45) is 0 Å². The first-order valence-corrected chi connectivity index (χ1v) is 12.0. The molecule has 2 aromatic carbocycles. The minimum atomic E-state index is -0.973. The highest BCUT2D eigenvalue weighted by atomic mass is 16.5. The number of fused-ring (bicyclic) bond motifs is 1. The molecule has 9 heteroatoms. The van der Waals surface area contributed by atoms with Gasteiger partial charge < -0.3 is 26.2 Å². The van der Waals surface area contributed by atoms with E-state index in [0.29, 0.717) is 29.0 Å². The summed E-state index contributed by atoms with van der Waals surface area (Å²) in [5.74, 6) is 1.67. The number of aromatic nitrogens is 3. The molecule has 1 aliphatic carbocycles. The molecule has 1 aliphatic rings. The molecule has 1 fully saturated rings. The van der Waals surface area contributed by atoms with E-state index in [4.69, 9.17) is 20.6 Å². The van der Waals surface area contributed by atoms with Crippen LogP contribution >= 0.6 is 0 Å². The number of anilines is 2. The topological polar surface area (TPSA) is 135 Å². The summed E-state index contributed by atoms with van der Waals surface area (Å²) in [6.07, 6.45) is 5.66. The van der Waals surface area contributed by atoms with Gasteiger partial charge in [0.25, 0.3) is 0 Å². The maximum Gasteiger partial charge on any atom is 0.404 e. The van der Waals surface area contributed by atoms with E-state index in [1.807, 2.05) is 55.5 Å². The number of nitrogens with two attached hydrogens (primary N) is 1. The van der Waals surface area contributed by atoms with Gasteiger partial charge in [0.05, 0.1) is 11.3 Å². The maximum atomic E-state index is 10.9. The summed E-state index contributed by atoms with van der Waals surface area (Å²) in [5.41, 5.74) is 9.30. The number of benzene rings is 2. The molecule has 2 heterocycles. The number of nitrogens with one attached hydrogen (secondary N) is 2. The van der Waals surface area contributed by atoms with Gasteiger partial charge in [0.15, 0.2) is 0 Å². The number of amides is 1. The summed E-state index contributed by atoms with van der Waals surface area (Å²) in [5, 5.41) is 16.8. The van der Waals surface area contributed by atoms with Gasteiger partial charge in [-0.05, 0) is 62.4 Å². The number of pyridine rings is 1. The molecular weight excluding hydrogens is 456 g/mol. The van der Waals surface area contributed by atoms with E-state index >= 15 is 0 Å². The number of hydrogen-bond donors (Lipinski definition) is 4. The Bertz CT molecular complexity index is 1400. The molecule has 0 aliphatic heterocycles. The second-order valence-electron chi connectivity index (χ2n) is 9.02. The summed E-state index contributed by atoms with van der Waals surface area (Å²) in [6.45, 7) is 1.97. The number of carboxylic acid groups (broad SMARTS) is 1. The highest BCUT2D eigenvalue weighted by molar-refractivity contribution is 5.98. The predicted octanol–water partition coefficient (Wildman–Crippen LogP) is 5.37. The second kappa shape index (κ2) is 10.1. The quantitative estimate of drug-likeness (QED) is 0.268. The lowest BCUT2D eigenvalue weighted by Crippen LogP contribution is -2.39. The summed E-state index contributed by atoms with van der Waals surface area (Å²) < 4.78 is 6.39. The van der Waals surface area contributed by atoms with Gasteiger partial charge in [-0.25, -0.2) is 19.7 Å². The number of nitrogens with zero attached hydrogens (tertiary/aromatic N) is 3. The van der Waals surface area contributed by atoms with Crippen molar-refractivity contribution in [2.45, 2.75) is 44.7 Å². The van der Waals surface area contributed by atoms with Gasteiger partial charge >= 0.3 is 6.09 Å². The molecule has 0 saturated heterocycles. The lowest BCUT2D eigenvalue weighted by molar-refractivity contribution is 0.185.